The van der Waals surface area contributed by atoms with Gasteiger partial charge in [0.1, 0.15) is 6.04 Å². The van der Waals surface area contributed by atoms with Crippen LogP contribution in [0.1, 0.15) is 42.4 Å². The van der Waals surface area contributed by atoms with E-state index in [4.69, 9.17) is 0 Å². The van der Waals surface area contributed by atoms with E-state index in [0.717, 1.165) is 49.3 Å². The molecular formula is C24H38N4O3S. The molecular weight excluding hydrogens is 424 g/mol. The van der Waals surface area contributed by atoms with Crippen LogP contribution in [-0.4, -0.2) is 98.3 Å². The molecule has 32 heavy (non-hydrogen) atoms. The number of hydrogen-bond acceptors (Lipinski definition) is 5. The summed E-state index contributed by atoms with van der Waals surface area (Å²) in [5.41, 5.74) is 2.56. The molecule has 0 N–H and O–H groups in total. The molecule has 3 aliphatic rings. The Balaban J connectivity index is 1.40. The maximum Gasteiger partial charge on any atom is 0.244 e. The van der Waals surface area contributed by atoms with E-state index in [2.05, 4.69) is 9.80 Å². The molecule has 1 atom stereocenters. The van der Waals surface area contributed by atoms with Crippen molar-refractivity contribution >= 4 is 15.9 Å². The van der Waals surface area contributed by atoms with E-state index >= 15 is 0 Å². The summed E-state index contributed by atoms with van der Waals surface area (Å²) in [6, 6.07) is 3.25. The van der Waals surface area contributed by atoms with Crippen LogP contribution in [0.25, 0.3) is 0 Å². The van der Waals surface area contributed by atoms with Crippen LogP contribution in [0.3, 0.4) is 0 Å². The van der Waals surface area contributed by atoms with Crippen LogP contribution in [0, 0.1) is 20.8 Å². The summed E-state index contributed by atoms with van der Waals surface area (Å²) < 4.78 is 28.7. The summed E-state index contributed by atoms with van der Waals surface area (Å²) in [6.45, 7) is 13.8. The fourth-order valence-corrected chi connectivity index (χ4v) is 7.72. The average Bonchev–Trinajstić information content (AvgIpc) is 3.43. The van der Waals surface area contributed by atoms with Gasteiger partial charge in [0.2, 0.25) is 15.9 Å². The second kappa shape index (κ2) is 9.79. The smallest absolute Gasteiger partial charge is 0.244 e. The van der Waals surface area contributed by atoms with E-state index in [1.807, 2.05) is 37.8 Å². The zero-order valence-corrected chi connectivity index (χ0v) is 20.7. The lowest BCUT2D eigenvalue weighted by atomic mass is 10.1. The fraction of sp³-hybridized carbons (Fsp3) is 0.708. The Kier molecular flexibility index (Phi) is 7.24. The topological polar surface area (TPSA) is 64.2 Å². The minimum Gasteiger partial charge on any atom is -0.339 e. The van der Waals surface area contributed by atoms with Gasteiger partial charge in [-0.3, -0.25) is 9.69 Å². The summed E-state index contributed by atoms with van der Waals surface area (Å²) in [5, 5.41) is 0. The second-order valence-electron chi connectivity index (χ2n) is 9.72. The molecule has 0 aromatic heterocycles. The first-order chi connectivity index (χ1) is 15.3. The van der Waals surface area contributed by atoms with Crippen LogP contribution in [0.2, 0.25) is 0 Å². The molecule has 3 aliphatic heterocycles. The molecule has 3 fully saturated rings. The summed E-state index contributed by atoms with van der Waals surface area (Å²) in [6.07, 6.45) is 3.96. The number of nitrogens with zero attached hydrogens (tertiary/aromatic N) is 4. The number of aryl methyl sites for hydroxylation is 3. The number of amides is 1. The monoisotopic (exact) mass is 462 g/mol. The quantitative estimate of drug-likeness (QED) is 0.647. The fourth-order valence-electron chi connectivity index (χ4n) is 5.66. The molecule has 4 rings (SSSR count). The molecule has 1 aromatic rings. The summed E-state index contributed by atoms with van der Waals surface area (Å²) in [7, 11) is -3.71. The molecule has 8 heteroatoms. The molecule has 3 saturated heterocycles. The molecule has 0 radical (unpaired) electrons. The highest BCUT2D eigenvalue weighted by Crippen LogP contribution is 2.31. The van der Waals surface area contributed by atoms with Crippen LogP contribution in [0.5, 0.6) is 0 Å². The predicted molar refractivity (Wildman–Crippen MR) is 126 cm³/mol. The van der Waals surface area contributed by atoms with Crippen LogP contribution in [0.4, 0.5) is 0 Å². The number of carbonyl (C=O) groups is 1. The number of rotatable bonds is 6. The highest BCUT2D eigenvalue weighted by Gasteiger charge is 2.42. The normalized spacial score (nSPS) is 23.8. The standard InChI is InChI=1S/C24H38N4O3S/c1-19-17-20(2)23(21(3)18-19)32(30,31)28-10-6-7-22(28)24(29)27-15-13-26(14-16-27)12-11-25-8-4-5-9-25/h17-18,22H,4-16H2,1-3H3. The van der Waals surface area contributed by atoms with Crippen molar-refractivity contribution in [2.75, 3.05) is 58.9 Å². The SMILES string of the molecule is Cc1cc(C)c(S(=O)(=O)N2CCCC2C(=O)N2CCN(CCN3CCCC3)CC2)c(C)c1. The third-order valence-corrected chi connectivity index (χ3v) is 9.49. The number of hydrogen-bond donors (Lipinski definition) is 0. The van der Waals surface area contributed by atoms with Crippen molar-refractivity contribution in [2.45, 2.75) is 57.4 Å². The largest absolute Gasteiger partial charge is 0.339 e. The molecule has 0 bridgehead atoms. The van der Waals surface area contributed by atoms with E-state index in [1.54, 1.807) is 0 Å². The van der Waals surface area contributed by atoms with Crippen LogP contribution in [-0.2, 0) is 14.8 Å². The van der Waals surface area contributed by atoms with Crippen molar-refractivity contribution in [2.24, 2.45) is 0 Å². The van der Waals surface area contributed by atoms with E-state index in [0.29, 0.717) is 31.0 Å². The first-order valence-electron chi connectivity index (χ1n) is 12.1. The molecule has 1 aromatic carbocycles. The van der Waals surface area contributed by atoms with Crippen molar-refractivity contribution in [3.8, 4) is 0 Å². The Morgan fingerprint density at radius 1 is 0.844 bits per heavy atom. The Morgan fingerprint density at radius 2 is 1.41 bits per heavy atom. The van der Waals surface area contributed by atoms with Crippen LogP contribution in [0.15, 0.2) is 17.0 Å². The number of sulfonamides is 1. The third kappa shape index (κ3) is 4.88. The van der Waals surface area contributed by atoms with Crippen LogP contribution < -0.4 is 0 Å². The molecule has 1 amide bonds. The van der Waals surface area contributed by atoms with Crippen molar-refractivity contribution in [1.82, 2.24) is 19.0 Å². The lowest BCUT2D eigenvalue weighted by Crippen LogP contribution is -2.55. The first kappa shape index (κ1) is 23.7. The zero-order valence-electron chi connectivity index (χ0n) is 19.8. The zero-order chi connectivity index (χ0) is 22.9. The van der Waals surface area contributed by atoms with Gasteiger partial charge in [0.15, 0.2) is 0 Å². The van der Waals surface area contributed by atoms with E-state index < -0.39 is 16.1 Å². The van der Waals surface area contributed by atoms with Crippen molar-refractivity contribution in [1.29, 1.82) is 0 Å². The lowest BCUT2D eigenvalue weighted by Gasteiger charge is -2.37. The second-order valence-corrected chi connectivity index (χ2v) is 11.5. The van der Waals surface area contributed by atoms with E-state index in [-0.39, 0.29) is 5.91 Å². The maximum absolute atomic E-state index is 13.6. The molecule has 0 aliphatic carbocycles. The summed E-state index contributed by atoms with van der Waals surface area (Å²) in [4.78, 5) is 20.6. The van der Waals surface area contributed by atoms with Gasteiger partial charge in [-0.05, 0) is 70.7 Å². The predicted octanol–water partition coefficient (Wildman–Crippen LogP) is 2.00. The van der Waals surface area contributed by atoms with Gasteiger partial charge in [-0.1, -0.05) is 17.7 Å². The summed E-state index contributed by atoms with van der Waals surface area (Å²) in [5.74, 6) is -0.0207. The minimum atomic E-state index is -3.71. The van der Waals surface area contributed by atoms with Gasteiger partial charge < -0.3 is 9.80 Å². The molecule has 1 unspecified atom stereocenters. The molecule has 0 saturated carbocycles. The number of benzene rings is 1. The van der Waals surface area contributed by atoms with Gasteiger partial charge in [0, 0.05) is 45.8 Å². The number of piperazine rings is 1. The Hall–Kier alpha value is -1.48. The lowest BCUT2D eigenvalue weighted by molar-refractivity contribution is -0.136. The van der Waals surface area contributed by atoms with Gasteiger partial charge >= 0.3 is 0 Å². The Morgan fingerprint density at radius 3 is 2.00 bits per heavy atom. The first-order valence-corrected chi connectivity index (χ1v) is 13.5. The molecule has 3 heterocycles. The van der Waals surface area contributed by atoms with Crippen molar-refractivity contribution in [3.05, 3.63) is 28.8 Å². The molecule has 0 spiro atoms. The van der Waals surface area contributed by atoms with Gasteiger partial charge in [0.25, 0.3) is 0 Å². The highest BCUT2D eigenvalue weighted by molar-refractivity contribution is 7.89. The molecule has 178 valence electrons. The van der Waals surface area contributed by atoms with Crippen molar-refractivity contribution in [3.63, 3.8) is 0 Å². The van der Waals surface area contributed by atoms with Gasteiger partial charge in [-0.25, -0.2) is 8.42 Å². The Labute approximate surface area is 193 Å². The van der Waals surface area contributed by atoms with E-state index in [1.165, 1.54) is 30.2 Å². The van der Waals surface area contributed by atoms with Crippen LogP contribution >= 0.6 is 0 Å². The Bertz CT molecular complexity index is 912. The average molecular weight is 463 g/mol. The number of likely N-dealkylation sites (tertiary alicyclic amines) is 1. The minimum absolute atomic E-state index is 0.0207. The van der Waals surface area contributed by atoms with Gasteiger partial charge in [-0.2, -0.15) is 4.31 Å². The van der Waals surface area contributed by atoms with E-state index in [9.17, 15) is 13.2 Å². The van der Waals surface area contributed by atoms with Gasteiger partial charge in [-0.15, -0.1) is 0 Å². The van der Waals surface area contributed by atoms with Crippen molar-refractivity contribution < 1.29 is 13.2 Å². The highest BCUT2D eigenvalue weighted by atomic mass is 32.2. The summed E-state index contributed by atoms with van der Waals surface area (Å²) >= 11 is 0. The maximum atomic E-state index is 13.6. The third-order valence-electron chi connectivity index (χ3n) is 7.28. The number of carbonyl (C=O) groups excluding carboxylic acids is 1. The van der Waals surface area contributed by atoms with Gasteiger partial charge in [0.05, 0.1) is 4.90 Å². The molecule has 7 nitrogen and oxygen atoms in total.